The number of ether oxygens (including phenoxy) is 1. The lowest BCUT2D eigenvalue weighted by Gasteiger charge is -2.29. The number of rotatable bonds is 6. The van der Waals surface area contributed by atoms with E-state index in [-0.39, 0.29) is 5.41 Å². The highest BCUT2D eigenvalue weighted by molar-refractivity contribution is 5.68. The molecule has 94 valence electrons. The molecule has 2 heteroatoms. The Balaban J connectivity index is 3.07. The number of hydrogen-bond donors (Lipinski definition) is 0. The van der Waals surface area contributed by atoms with Gasteiger partial charge < -0.3 is 9.53 Å². The van der Waals surface area contributed by atoms with Crippen molar-refractivity contribution in [2.75, 3.05) is 7.11 Å². The fourth-order valence-electron chi connectivity index (χ4n) is 2.32. The molecule has 0 aliphatic rings. The van der Waals surface area contributed by atoms with E-state index in [1.54, 1.807) is 7.11 Å². The molecule has 0 bridgehead atoms. The molecule has 1 unspecified atom stereocenters. The van der Waals surface area contributed by atoms with Gasteiger partial charge in [-0.25, -0.2) is 0 Å². The van der Waals surface area contributed by atoms with Gasteiger partial charge in [0, 0.05) is 0 Å². The Kier molecular flexibility index (Phi) is 4.73. The molecule has 0 spiro atoms. The highest BCUT2D eigenvalue weighted by Gasteiger charge is 2.30. The van der Waals surface area contributed by atoms with Crippen molar-refractivity contribution < 1.29 is 9.53 Å². The van der Waals surface area contributed by atoms with Gasteiger partial charge >= 0.3 is 0 Å². The van der Waals surface area contributed by atoms with Crippen LogP contribution in [0.4, 0.5) is 0 Å². The minimum absolute atomic E-state index is 0.347. The molecule has 1 aromatic rings. The van der Waals surface area contributed by atoms with Crippen molar-refractivity contribution in [2.45, 2.75) is 39.0 Å². The minimum Gasteiger partial charge on any atom is -0.497 e. The van der Waals surface area contributed by atoms with Crippen molar-refractivity contribution in [3.8, 4) is 5.75 Å². The van der Waals surface area contributed by atoms with E-state index >= 15 is 0 Å². The van der Waals surface area contributed by atoms with E-state index in [1.165, 1.54) is 0 Å². The molecule has 1 atom stereocenters. The maximum atomic E-state index is 11.5. The van der Waals surface area contributed by atoms with Crippen LogP contribution in [0.5, 0.6) is 5.75 Å². The fraction of sp³-hybridized carbons (Fsp3) is 0.533. The first-order valence-electron chi connectivity index (χ1n) is 6.19. The van der Waals surface area contributed by atoms with Crippen molar-refractivity contribution in [3.63, 3.8) is 0 Å². The van der Waals surface area contributed by atoms with E-state index in [0.29, 0.717) is 5.92 Å². The first-order chi connectivity index (χ1) is 8.07. The molecular weight excluding hydrogens is 212 g/mol. The number of carbonyl (C=O) groups excluding carboxylic acids is 1. The maximum Gasteiger partial charge on any atom is 0.130 e. The molecule has 2 nitrogen and oxygen atoms in total. The molecule has 0 radical (unpaired) electrons. The SMILES string of the molecule is CCC(C=O)(CC(C)C)c1ccc(OC)cc1. The Bertz CT molecular complexity index is 354. The fourth-order valence-corrected chi connectivity index (χ4v) is 2.32. The highest BCUT2D eigenvalue weighted by Crippen LogP contribution is 2.33. The summed E-state index contributed by atoms with van der Waals surface area (Å²) in [4.78, 5) is 11.5. The average Bonchev–Trinajstić information content (AvgIpc) is 2.36. The van der Waals surface area contributed by atoms with Crippen molar-refractivity contribution in [3.05, 3.63) is 29.8 Å². The molecule has 1 aromatic carbocycles. The summed E-state index contributed by atoms with van der Waals surface area (Å²) in [7, 11) is 1.65. The van der Waals surface area contributed by atoms with E-state index in [1.807, 2.05) is 24.3 Å². The third kappa shape index (κ3) is 3.09. The number of carbonyl (C=O) groups is 1. The zero-order valence-electron chi connectivity index (χ0n) is 11.2. The van der Waals surface area contributed by atoms with Crippen LogP contribution in [0, 0.1) is 5.92 Å². The van der Waals surface area contributed by atoms with Crippen LogP contribution in [-0.4, -0.2) is 13.4 Å². The smallest absolute Gasteiger partial charge is 0.130 e. The molecule has 17 heavy (non-hydrogen) atoms. The quantitative estimate of drug-likeness (QED) is 0.703. The molecule has 0 heterocycles. The Morgan fingerprint density at radius 2 is 1.88 bits per heavy atom. The molecule has 1 rings (SSSR count). The lowest BCUT2D eigenvalue weighted by molar-refractivity contribution is -0.113. The summed E-state index contributed by atoms with van der Waals surface area (Å²) in [5.74, 6) is 1.33. The van der Waals surface area contributed by atoms with Gasteiger partial charge in [0.25, 0.3) is 0 Å². The summed E-state index contributed by atoms with van der Waals surface area (Å²) in [5.41, 5.74) is 0.741. The number of methoxy groups -OCH3 is 1. The lowest BCUT2D eigenvalue weighted by Crippen LogP contribution is -2.29. The molecule has 0 aromatic heterocycles. The topological polar surface area (TPSA) is 26.3 Å². The molecule has 0 aliphatic heterocycles. The molecule has 0 amide bonds. The van der Waals surface area contributed by atoms with Crippen LogP contribution in [0.1, 0.15) is 39.2 Å². The predicted octanol–water partition coefficient (Wildman–Crippen LogP) is 3.59. The second kappa shape index (κ2) is 5.85. The molecule has 0 aliphatic carbocycles. The second-order valence-electron chi connectivity index (χ2n) is 4.95. The summed E-state index contributed by atoms with van der Waals surface area (Å²) in [6.07, 6.45) is 2.83. The monoisotopic (exact) mass is 234 g/mol. The molecular formula is C15H22O2. The molecule has 0 saturated carbocycles. The van der Waals surface area contributed by atoms with Gasteiger partial charge in [-0.15, -0.1) is 0 Å². The normalized spacial score (nSPS) is 14.4. The van der Waals surface area contributed by atoms with Crippen molar-refractivity contribution >= 4 is 6.29 Å². The number of benzene rings is 1. The van der Waals surface area contributed by atoms with Gasteiger partial charge in [-0.05, 0) is 36.5 Å². The molecule has 0 fully saturated rings. The van der Waals surface area contributed by atoms with Gasteiger partial charge in [0.2, 0.25) is 0 Å². The predicted molar refractivity (Wildman–Crippen MR) is 70.5 cm³/mol. The van der Waals surface area contributed by atoms with Gasteiger partial charge in [0.15, 0.2) is 0 Å². The Hall–Kier alpha value is -1.31. The van der Waals surface area contributed by atoms with Crippen molar-refractivity contribution in [2.24, 2.45) is 5.92 Å². The van der Waals surface area contributed by atoms with E-state index in [4.69, 9.17) is 4.74 Å². The van der Waals surface area contributed by atoms with Gasteiger partial charge in [0.05, 0.1) is 12.5 Å². The molecule has 0 N–H and O–H groups in total. The van der Waals surface area contributed by atoms with Gasteiger partial charge in [-0.2, -0.15) is 0 Å². The number of hydrogen-bond acceptors (Lipinski definition) is 2. The minimum atomic E-state index is -0.347. The van der Waals surface area contributed by atoms with Crippen LogP contribution in [-0.2, 0) is 10.2 Å². The highest BCUT2D eigenvalue weighted by atomic mass is 16.5. The lowest BCUT2D eigenvalue weighted by atomic mass is 9.73. The van der Waals surface area contributed by atoms with Crippen LogP contribution in [0.15, 0.2) is 24.3 Å². The van der Waals surface area contributed by atoms with Crippen LogP contribution in [0.3, 0.4) is 0 Å². The Labute approximate surface area is 104 Å². The standard InChI is InChI=1S/C15H22O2/c1-5-15(11-16,10-12(2)3)13-6-8-14(17-4)9-7-13/h6-9,11-12H,5,10H2,1-4H3. The summed E-state index contributed by atoms with van der Waals surface area (Å²) in [6, 6.07) is 7.84. The van der Waals surface area contributed by atoms with Crippen LogP contribution in [0.2, 0.25) is 0 Å². The Morgan fingerprint density at radius 3 is 2.24 bits per heavy atom. The first kappa shape index (κ1) is 13.8. The van der Waals surface area contributed by atoms with Crippen molar-refractivity contribution in [1.82, 2.24) is 0 Å². The summed E-state index contributed by atoms with van der Waals surface area (Å²) >= 11 is 0. The Morgan fingerprint density at radius 1 is 1.29 bits per heavy atom. The van der Waals surface area contributed by atoms with Crippen molar-refractivity contribution in [1.29, 1.82) is 0 Å². The van der Waals surface area contributed by atoms with Gasteiger partial charge in [0.1, 0.15) is 12.0 Å². The zero-order chi connectivity index (χ0) is 12.9. The summed E-state index contributed by atoms with van der Waals surface area (Å²) < 4.78 is 5.14. The van der Waals surface area contributed by atoms with E-state index < -0.39 is 0 Å². The van der Waals surface area contributed by atoms with Gasteiger partial charge in [-0.3, -0.25) is 0 Å². The second-order valence-corrected chi connectivity index (χ2v) is 4.95. The molecule has 0 saturated heterocycles. The number of aldehydes is 1. The summed E-state index contributed by atoms with van der Waals surface area (Å²) in [5, 5.41) is 0. The zero-order valence-corrected chi connectivity index (χ0v) is 11.2. The van der Waals surface area contributed by atoms with Crippen LogP contribution >= 0.6 is 0 Å². The van der Waals surface area contributed by atoms with Gasteiger partial charge in [-0.1, -0.05) is 32.9 Å². The van der Waals surface area contributed by atoms with Crippen LogP contribution < -0.4 is 4.74 Å². The third-order valence-corrected chi connectivity index (χ3v) is 3.29. The van der Waals surface area contributed by atoms with E-state index in [9.17, 15) is 4.79 Å². The summed E-state index contributed by atoms with van der Waals surface area (Å²) in [6.45, 7) is 6.37. The largest absolute Gasteiger partial charge is 0.497 e. The van der Waals surface area contributed by atoms with E-state index in [2.05, 4.69) is 20.8 Å². The van der Waals surface area contributed by atoms with Crippen LogP contribution in [0.25, 0.3) is 0 Å². The third-order valence-electron chi connectivity index (χ3n) is 3.29. The average molecular weight is 234 g/mol. The first-order valence-corrected chi connectivity index (χ1v) is 6.19. The maximum absolute atomic E-state index is 11.5. The van der Waals surface area contributed by atoms with E-state index in [0.717, 1.165) is 30.4 Å².